The van der Waals surface area contributed by atoms with Crippen molar-refractivity contribution in [3.05, 3.63) is 76.3 Å². The summed E-state index contributed by atoms with van der Waals surface area (Å²) in [4.78, 5) is 12.6. The number of hydrogen-bond donors (Lipinski definition) is 1. The molecule has 3 aromatic carbocycles. The largest absolute Gasteiger partial charge is 0.493 e. The summed E-state index contributed by atoms with van der Waals surface area (Å²) in [5.41, 5.74) is 2.28. The highest BCUT2D eigenvalue weighted by Gasteiger charge is 2.15. The lowest BCUT2D eigenvalue weighted by atomic mass is 10.1. The van der Waals surface area contributed by atoms with Gasteiger partial charge in [0.15, 0.2) is 11.5 Å². The van der Waals surface area contributed by atoms with E-state index in [0.717, 1.165) is 5.75 Å². The van der Waals surface area contributed by atoms with Crippen molar-refractivity contribution in [3.8, 4) is 23.0 Å². The molecule has 0 atom stereocenters. The highest BCUT2D eigenvalue weighted by molar-refractivity contribution is 9.10. The zero-order valence-corrected chi connectivity index (χ0v) is 17.4. The van der Waals surface area contributed by atoms with Gasteiger partial charge < -0.3 is 19.5 Å². The first-order chi connectivity index (χ1) is 13.5. The Morgan fingerprint density at radius 1 is 0.893 bits per heavy atom. The van der Waals surface area contributed by atoms with Crippen molar-refractivity contribution in [2.75, 3.05) is 19.5 Å². The summed E-state index contributed by atoms with van der Waals surface area (Å²) >= 11 is 3.40. The molecule has 144 valence electrons. The average molecular weight is 442 g/mol. The lowest BCUT2D eigenvalue weighted by Crippen LogP contribution is -2.12. The number of carbonyl (C=O) groups is 1. The molecule has 0 aliphatic rings. The Kier molecular flexibility index (Phi) is 6.21. The van der Waals surface area contributed by atoms with Crippen molar-refractivity contribution in [2.45, 2.75) is 6.92 Å². The van der Waals surface area contributed by atoms with Gasteiger partial charge in [0.25, 0.3) is 5.91 Å². The fourth-order valence-electron chi connectivity index (χ4n) is 2.60. The smallest absolute Gasteiger partial charge is 0.255 e. The van der Waals surface area contributed by atoms with E-state index in [1.807, 2.05) is 31.2 Å². The van der Waals surface area contributed by atoms with Gasteiger partial charge in [0, 0.05) is 11.3 Å². The van der Waals surface area contributed by atoms with Gasteiger partial charge in [-0.25, -0.2) is 0 Å². The summed E-state index contributed by atoms with van der Waals surface area (Å²) in [5.74, 6) is 2.21. The third kappa shape index (κ3) is 4.64. The number of rotatable bonds is 6. The second-order valence-electron chi connectivity index (χ2n) is 6.09. The number of nitrogens with one attached hydrogen (secondary N) is 1. The number of halogens is 1. The van der Waals surface area contributed by atoms with Crippen LogP contribution in [0.15, 0.2) is 65.1 Å². The summed E-state index contributed by atoms with van der Waals surface area (Å²) < 4.78 is 17.0. The number of amides is 1. The van der Waals surface area contributed by atoms with Crippen LogP contribution in [0.2, 0.25) is 0 Å². The molecule has 6 heteroatoms. The highest BCUT2D eigenvalue weighted by Crippen LogP contribution is 2.36. The lowest BCUT2D eigenvalue weighted by molar-refractivity contribution is 0.102. The maximum atomic E-state index is 12.6. The highest BCUT2D eigenvalue weighted by atomic mass is 79.9. The Balaban J connectivity index is 1.70. The minimum absolute atomic E-state index is 0.256. The topological polar surface area (TPSA) is 56.8 Å². The minimum Gasteiger partial charge on any atom is -0.493 e. The maximum Gasteiger partial charge on any atom is 0.255 e. The summed E-state index contributed by atoms with van der Waals surface area (Å²) in [6.45, 7) is 2.03. The molecular formula is C22H20BrNO4. The second-order valence-corrected chi connectivity index (χ2v) is 6.94. The van der Waals surface area contributed by atoms with Crippen LogP contribution >= 0.6 is 15.9 Å². The zero-order chi connectivity index (χ0) is 20.1. The molecule has 0 unspecified atom stereocenters. The van der Waals surface area contributed by atoms with Crippen LogP contribution in [0.4, 0.5) is 5.69 Å². The van der Waals surface area contributed by atoms with E-state index in [2.05, 4.69) is 21.2 Å². The van der Waals surface area contributed by atoms with E-state index >= 15 is 0 Å². The molecule has 0 bridgehead atoms. The van der Waals surface area contributed by atoms with Crippen molar-refractivity contribution >= 4 is 27.5 Å². The van der Waals surface area contributed by atoms with Crippen molar-refractivity contribution in [2.24, 2.45) is 0 Å². The van der Waals surface area contributed by atoms with Crippen molar-refractivity contribution in [3.63, 3.8) is 0 Å². The molecule has 0 radical (unpaired) electrons. The van der Waals surface area contributed by atoms with Gasteiger partial charge in [-0.1, -0.05) is 17.7 Å². The van der Waals surface area contributed by atoms with E-state index in [1.54, 1.807) is 43.5 Å². The molecule has 1 N–H and O–H groups in total. The third-order valence-electron chi connectivity index (χ3n) is 4.06. The molecule has 0 heterocycles. The van der Waals surface area contributed by atoms with Crippen LogP contribution in [0.25, 0.3) is 0 Å². The number of hydrogen-bond acceptors (Lipinski definition) is 4. The molecule has 0 spiro atoms. The molecule has 0 aromatic heterocycles. The van der Waals surface area contributed by atoms with E-state index in [9.17, 15) is 4.79 Å². The van der Waals surface area contributed by atoms with Crippen LogP contribution in [-0.2, 0) is 0 Å². The molecule has 5 nitrogen and oxygen atoms in total. The normalized spacial score (nSPS) is 10.3. The Labute approximate surface area is 172 Å². The van der Waals surface area contributed by atoms with Crippen LogP contribution in [0, 0.1) is 6.92 Å². The van der Waals surface area contributed by atoms with Crippen LogP contribution in [0.5, 0.6) is 23.0 Å². The molecular weight excluding hydrogens is 422 g/mol. The molecule has 3 aromatic rings. The van der Waals surface area contributed by atoms with Crippen LogP contribution in [-0.4, -0.2) is 20.1 Å². The van der Waals surface area contributed by atoms with E-state index < -0.39 is 0 Å². The Bertz CT molecular complexity index is 969. The SMILES string of the molecule is COc1cc(C(=O)Nc2ccc(Oc3ccc(C)cc3)cc2)cc(Br)c1OC. The first-order valence-electron chi connectivity index (χ1n) is 8.57. The van der Waals surface area contributed by atoms with Gasteiger partial charge in [-0.05, 0) is 71.4 Å². The number of carbonyl (C=O) groups excluding carboxylic acids is 1. The molecule has 0 aliphatic carbocycles. The number of ether oxygens (including phenoxy) is 3. The number of benzene rings is 3. The maximum absolute atomic E-state index is 12.6. The molecule has 28 heavy (non-hydrogen) atoms. The predicted molar refractivity (Wildman–Crippen MR) is 113 cm³/mol. The van der Waals surface area contributed by atoms with Crippen LogP contribution < -0.4 is 19.5 Å². The molecule has 1 amide bonds. The van der Waals surface area contributed by atoms with Gasteiger partial charge in [-0.2, -0.15) is 0 Å². The number of aryl methyl sites for hydroxylation is 1. The van der Waals surface area contributed by atoms with Crippen LogP contribution in [0.1, 0.15) is 15.9 Å². The van der Waals surface area contributed by atoms with Gasteiger partial charge in [-0.15, -0.1) is 0 Å². The van der Waals surface area contributed by atoms with Gasteiger partial charge in [-0.3, -0.25) is 4.79 Å². The minimum atomic E-state index is -0.256. The summed E-state index contributed by atoms with van der Waals surface area (Å²) in [6.07, 6.45) is 0. The standard InChI is InChI=1S/C22H20BrNO4/c1-14-4-8-17(9-5-14)28-18-10-6-16(7-11-18)24-22(25)15-12-19(23)21(27-3)20(13-15)26-2/h4-13H,1-3H3,(H,24,25). The van der Waals surface area contributed by atoms with E-state index in [0.29, 0.717) is 33.0 Å². The Morgan fingerprint density at radius 3 is 2.07 bits per heavy atom. The first-order valence-corrected chi connectivity index (χ1v) is 9.37. The van der Waals surface area contributed by atoms with Crippen molar-refractivity contribution < 1.29 is 19.0 Å². The van der Waals surface area contributed by atoms with E-state index in [1.165, 1.54) is 12.7 Å². The third-order valence-corrected chi connectivity index (χ3v) is 4.65. The van der Waals surface area contributed by atoms with Gasteiger partial charge in [0.05, 0.1) is 18.7 Å². The Morgan fingerprint density at radius 2 is 1.50 bits per heavy atom. The van der Waals surface area contributed by atoms with E-state index in [4.69, 9.17) is 14.2 Å². The molecule has 0 fully saturated rings. The van der Waals surface area contributed by atoms with Crippen LogP contribution in [0.3, 0.4) is 0 Å². The predicted octanol–water partition coefficient (Wildman–Crippen LogP) is 5.82. The second kappa shape index (κ2) is 8.80. The number of anilines is 1. The molecule has 0 saturated heterocycles. The van der Waals surface area contributed by atoms with Gasteiger partial charge in [0.2, 0.25) is 0 Å². The molecule has 3 rings (SSSR count). The fourth-order valence-corrected chi connectivity index (χ4v) is 3.20. The number of methoxy groups -OCH3 is 2. The first kappa shape index (κ1) is 19.8. The Hall–Kier alpha value is -2.99. The summed E-state index contributed by atoms with van der Waals surface area (Å²) in [5, 5.41) is 2.86. The molecule has 0 saturated carbocycles. The monoisotopic (exact) mass is 441 g/mol. The fraction of sp³-hybridized carbons (Fsp3) is 0.136. The molecule has 0 aliphatic heterocycles. The summed E-state index contributed by atoms with van der Waals surface area (Å²) in [6, 6.07) is 18.3. The lowest BCUT2D eigenvalue weighted by Gasteiger charge is -2.12. The zero-order valence-electron chi connectivity index (χ0n) is 15.8. The van der Waals surface area contributed by atoms with Gasteiger partial charge >= 0.3 is 0 Å². The van der Waals surface area contributed by atoms with Crippen molar-refractivity contribution in [1.82, 2.24) is 0 Å². The van der Waals surface area contributed by atoms with Crippen molar-refractivity contribution in [1.29, 1.82) is 0 Å². The van der Waals surface area contributed by atoms with E-state index in [-0.39, 0.29) is 5.91 Å². The van der Waals surface area contributed by atoms with Gasteiger partial charge in [0.1, 0.15) is 11.5 Å². The summed E-state index contributed by atoms with van der Waals surface area (Å²) in [7, 11) is 3.07. The average Bonchev–Trinajstić information content (AvgIpc) is 2.70. The quantitative estimate of drug-likeness (QED) is 0.523.